The molecule has 0 bridgehead atoms. The van der Waals surface area contributed by atoms with E-state index in [4.69, 9.17) is 0 Å². The molecule has 1 aromatic heterocycles. The van der Waals surface area contributed by atoms with Crippen LogP contribution in [-0.4, -0.2) is 41.3 Å². The summed E-state index contributed by atoms with van der Waals surface area (Å²) in [5.41, 5.74) is 4.29. The number of para-hydroxylation sites is 1. The van der Waals surface area contributed by atoms with Crippen molar-refractivity contribution < 1.29 is 9.18 Å². The van der Waals surface area contributed by atoms with E-state index < -0.39 is 0 Å². The molecule has 0 atom stereocenters. The average molecular weight is 474 g/mol. The van der Waals surface area contributed by atoms with Crippen molar-refractivity contribution >= 4 is 16.8 Å². The molecule has 1 aliphatic heterocycles. The van der Waals surface area contributed by atoms with Gasteiger partial charge in [-0.3, -0.25) is 9.69 Å². The molecule has 3 aromatic rings. The van der Waals surface area contributed by atoms with Crippen LogP contribution in [-0.2, 0) is 22.3 Å². The number of aromatic amines is 1. The van der Waals surface area contributed by atoms with Crippen LogP contribution in [0.4, 0.5) is 4.39 Å². The van der Waals surface area contributed by atoms with E-state index in [0.29, 0.717) is 5.91 Å². The predicted octanol–water partition coefficient (Wildman–Crippen LogP) is 6.11. The van der Waals surface area contributed by atoms with E-state index in [1.165, 1.54) is 28.2 Å². The number of carbonyl (C=O) groups is 1. The molecule has 1 N–H and O–H groups in total. The van der Waals surface area contributed by atoms with E-state index in [1.807, 2.05) is 6.07 Å². The van der Waals surface area contributed by atoms with E-state index in [0.717, 1.165) is 69.9 Å². The second-order valence-electron chi connectivity index (χ2n) is 11.2. The zero-order valence-electron chi connectivity index (χ0n) is 20.9. The maximum absolute atomic E-state index is 14.3. The number of halogens is 1. The fourth-order valence-corrected chi connectivity index (χ4v) is 7.51. The monoisotopic (exact) mass is 473 g/mol. The van der Waals surface area contributed by atoms with Gasteiger partial charge in [0.15, 0.2) is 0 Å². The van der Waals surface area contributed by atoms with Crippen molar-refractivity contribution in [1.29, 1.82) is 0 Å². The lowest BCUT2D eigenvalue weighted by molar-refractivity contribution is -0.147. The van der Waals surface area contributed by atoms with Crippen molar-refractivity contribution in [2.24, 2.45) is 5.92 Å². The summed E-state index contributed by atoms with van der Waals surface area (Å²) in [6, 6.07) is 15.7. The van der Waals surface area contributed by atoms with Gasteiger partial charge in [0.25, 0.3) is 0 Å². The molecule has 2 saturated carbocycles. The number of hydrogen-bond acceptors (Lipinski definition) is 2. The number of H-pyrrole nitrogens is 1. The molecule has 2 aliphatic carbocycles. The summed E-state index contributed by atoms with van der Waals surface area (Å²) in [7, 11) is 4.22. The average Bonchev–Trinajstić information content (AvgIpc) is 3.53. The molecule has 2 aromatic carbocycles. The maximum Gasteiger partial charge on any atom is 0.226 e. The minimum Gasteiger partial charge on any atom is -0.356 e. The smallest absolute Gasteiger partial charge is 0.226 e. The summed E-state index contributed by atoms with van der Waals surface area (Å²) >= 11 is 0. The van der Waals surface area contributed by atoms with Crippen molar-refractivity contribution in [3.8, 4) is 0 Å². The Morgan fingerprint density at radius 2 is 1.77 bits per heavy atom. The second-order valence-corrected chi connectivity index (χ2v) is 11.2. The third-order valence-corrected chi connectivity index (χ3v) is 9.47. The quantitative estimate of drug-likeness (QED) is 0.499. The highest BCUT2D eigenvalue weighted by molar-refractivity contribution is 5.87. The Bertz CT molecular complexity index is 1250. The first-order valence-corrected chi connectivity index (χ1v) is 13.3. The third kappa shape index (κ3) is 3.46. The molecular formula is C30H36FN3O. The van der Waals surface area contributed by atoms with Gasteiger partial charge in [-0.2, -0.15) is 0 Å². The highest BCUT2D eigenvalue weighted by Gasteiger charge is 2.53. The number of aromatic nitrogens is 1. The number of nitrogens with zero attached hydrogens (tertiary/aromatic N) is 2. The van der Waals surface area contributed by atoms with E-state index in [9.17, 15) is 9.18 Å². The first-order valence-electron chi connectivity index (χ1n) is 13.3. The third-order valence-electron chi connectivity index (χ3n) is 9.47. The minimum atomic E-state index is -0.320. The molecule has 0 saturated heterocycles. The molecule has 0 unspecified atom stereocenters. The van der Waals surface area contributed by atoms with Gasteiger partial charge >= 0.3 is 0 Å². The second kappa shape index (κ2) is 8.48. The van der Waals surface area contributed by atoms with Crippen molar-refractivity contribution in [3.05, 3.63) is 71.2 Å². The molecule has 2 heterocycles. The zero-order chi connectivity index (χ0) is 24.2. The molecular weight excluding hydrogens is 437 g/mol. The van der Waals surface area contributed by atoms with Gasteiger partial charge < -0.3 is 9.88 Å². The first-order chi connectivity index (χ1) is 16.9. The SMILES string of the molecule is CN(C)C1(c2cccc(F)c2)CCC2(CC1)c1[nH]c3ccccc3c1CCN2C(=O)C1CCCC1. The summed E-state index contributed by atoms with van der Waals surface area (Å²) in [5.74, 6) is 0.342. The molecule has 184 valence electrons. The van der Waals surface area contributed by atoms with Gasteiger partial charge in [-0.15, -0.1) is 0 Å². The molecule has 35 heavy (non-hydrogen) atoms. The lowest BCUT2D eigenvalue weighted by atomic mass is 9.65. The van der Waals surface area contributed by atoms with Crippen LogP contribution >= 0.6 is 0 Å². The molecule has 4 nitrogen and oxygen atoms in total. The highest BCUT2D eigenvalue weighted by Crippen LogP contribution is 2.54. The number of benzene rings is 2. The van der Waals surface area contributed by atoms with Crippen LogP contribution in [0, 0.1) is 11.7 Å². The molecule has 2 fully saturated rings. The first kappa shape index (κ1) is 22.8. The van der Waals surface area contributed by atoms with Gasteiger partial charge in [0.2, 0.25) is 5.91 Å². The van der Waals surface area contributed by atoms with Gasteiger partial charge in [-0.25, -0.2) is 4.39 Å². The molecule has 1 spiro atoms. The maximum atomic E-state index is 14.3. The number of amides is 1. The van der Waals surface area contributed by atoms with Crippen molar-refractivity contribution in [2.75, 3.05) is 20.6 Å². The van der Waals surface area contributed by atoms with Crippen molar-refractivity contribution in [1.82, 2.24) is 14.8 Å². The normalized spacial score (nSPS) is 27.1. The number of hydrogen-bond donors (Lipinski definition) is 1. The van der Waals surface area contributed by atoms with E-state index in [-0.39, 0.29) is 22.8 Å². The van der Waals surface area contributed by atoms with Crippen LogP contribution in [0.2, 0.25) is 0 Å². The van der Waals surface area contributed by atoms with Gasteiger partial charge in [-0.1, -0.05) is 43.2 Å². The topological polar surface area (TPSA) is 39.3 Å². The van der Waals surface area contributed by atoms with E-state index in [2.05, 4.69) is 59.2 Å². The summed E-state index contributed by atoms with van der Waals surface area (Å²) in [6.07, 6.45) is 8.80. The Morgan fingerprint density at radius 1 is 1.03 bits per heavy atom. The Morgan fingerprint density at radius 3 is 2.49 bits per heavy atom. The largest absolute Gasteiger partial charge is 0.356 e. The van der Waals surface area contributed by atoms with E-state index >= 15 is 0 Å². The minimum absolute atomic E-state index is 0.168. The fraction of sp³-hybridized carbons (Fsp3) is 0.500. The highest BCUT2D eigenvalue weighted by atomic mass is 19.1. The van der Waals surface area contributed by atoms with Crippen LogP contribution in [0.1, 0.15) is 68.2 Å². The van der Waals surface area contributed by atoms with Crippen molar-refractivity contribution in [2.45, 2.75) is 68.9 Å². The lowest BCUT2D eigenvalue weighted by Crippen LogP contribution is -2.59. The zero-order valence-corrected chi connectivity index (χ0v) is 20.9. The Labute approximate surface area is 207 Å². The molecule has 3 aliphatic rings. The lowest BCUT2D eigenvalue weighted by Gasteiger charge is -2.55. The number of rotatable bonds is 3. The number of nitrogens with one attached hydrogen (secondary N) is 1. The predicted molar refractivity (Wildman–Crippen MR) is 138 cm³/mol. The van der Waals surface area contributed by atoms with Crippen LogP contribution in [0.15, 0.2) is 48.5 Å². The molecule has 6 rings (SSSR count). The summed E-state index contributed by atoms with van der Waals surface area (Å²) in [4.78, 5) is 22.3. The molecule has 1 amide bonds. The van der Waals surface area contributed by atoms with Crippen LogP contribution in [0.3, 0.4) is 0 Å². The van der Waals surface area contributed by atoms with E-state index in [1.54, 1.807) is 6.07 Å². The Kier molecular flexibility index (Phi) is 5.52. The number of fused-ring (bicyclic) bond motifs is 4. The Hall–Kier alpha value is -2.66. The summed E-state index contributed by atoms with van der Waals surface area (Å²) < 4.78 is 14.3. The fourth-order valence-electron chi connectivity index (χ4n) is 7.51. The summed E-state index contributed by atoms with van der Waals surface area (Å²) in [5, 5.41) is 1.30. The molecule has 0 radical (unpaired) electrons. The molecule has 5 heteroatoms. The van der Waals surface area contributed by atoms with Gasteiger partial charge in [-0.05, 0) is 88.4 Å². The van der Waals surface area contributed by atoms with Crippen LogP contribution < -0.4 is 0 Å². The van der Waals surface area contributed by atoms with Crippen LogP contribution in [0.25, 0.3) is 10.9 Å². The van der Waals surface area contributed by atoms with Gasteiger partial charge in [0.05, 0.1) is 5.54 Å². The van der Waals surface area contributed by atoms with Gasteiger partial charge in [0.1, 0.15) is 5.82 Å². The van der Waals surface area contributed by atoms with Crippen molar-refractivity contribution in [3.63, 3.8) is 0 Å². The van der Waals surface area contributed by atoms with Crippen LogP contribution in [0.5, 0.6) is 0 Å². The standard InChI is InChI=1S/C30H36FN3O/c1-33(2)29(22-10-7-11-23(31)20-22)15-17-30(18-16-29)27-25(24-12-5-6-13-26(24)32-27)14-19-34(30)28(35)21-8-3-4-9-21/h5-7,10-13,20-21,32H,3-4,8-9,14-19H2,1-2H3. The van der Waals surface area contributed by atoms with Gasteiger partial charge in [0, 0.05) is 34.6 Å². The summed E-state index contributed by atoms with van der Waals surface area (Å²) in [6.45, 7) is 0.791. The number of carbonyl (C=O) groups excluding carboxylic acids is 1. The Balaban J connectivity index is 1.44.